The van der Waals surface area contributed by atoms with Crippen LogP contribution in [0.4, 0.5) is 5.69 Å². The van der Waals surface area contributed by atoms with Gasteiger partial charge in [-0.25, -0.2) is 0 Å². The van der Waals surface area contributed by atoms with Crippen LogP contribution >= 0.6 is 11.8 Å². The van der Waals surface area contributed by atoms with E-state index in [0.29, 0.717) is 28.0 Å². The number of benzene rings is 3. The fourth-order valence-electron chi connectivity index (χ4n) is 3.70. The monoisotopic (exact) mass is 487 g/mol. The van der Waals surface area contributed by atoms with Gasteiger partial charge in [0.05, 0.1) is 11.0 Å². The molecule has 0 saturated heterocycles. The molecule has 0 fully saturated rings. The predicted molar refractivity (Wildman–Crippen MR) is 136 cm³/mol. The molecule has 1 amide bonds. The Bertz CT molecular complexity index is 1370. The van der Waals surface area contributed by atoms with Crippen molar-refractivity contribution in [2.24, 2.45) is 0 Å². The minimum absolute atomic E-state index is 0.00149. The van der Waals surface area contributed by atoms with Gasteiger partial charge < -0.3 is 5.32 Å². The first-order valence-electron chi connectivity index (χ1n) is 11.1. The van der Waals surface area contributed by atoms with Crippen molar-refractivity contribution < 1.29 is 9.72 Å². The van der Waals surface area contributed by atoms with Crippen LogP contribution in [0.1, 0.15) is 45.8 Å². The molecular formula is C26H25N5O3S. The fourth-order valence-corrected chi connectivity index (χ4v) is 4.74. The molecule has 0 aliphatic heterocycles. The molecule has 1 heterocycles. The van der Waals surface area contributed by atoms with Crippen molar-refractivity contribution in [1.29, 1.82) is 0 Å². The molecule has 3 aromatic carbocycles. The molecule has 0 aliphatic carbocycles. The van der Waals surface area contributed by atoms with Gasteiger partial charge in [-0.05, 0) is 55.7 Å². The summed E-state index contributed by atoms with van der Waals surface area (Å²) in [5.41, 5.74) is 4.51. The molecule has 1 atom stereocenters. The Morgan fingerprint density at radius 1 is 1.00 bits per heavy atom. The highest BCUT2D eigenvalue weighted by atomic mass is 32.2. The quantitative estimate of drug-likeness (QED) is 0.198. The number of hydrogen-bond donors (Lipinski definition) is 1. The highest BCUT2D eigenvalue weighted by molar-refractivity contribution is 7.98. The van der Waals surface area contributed by atoms with Crippen molar-refractivity contribution in [3.63, 3.8) is 0 Å². The average Bonchev–Trinajstić information content (AvgIpc) is 3.28. The maximum atomic E-state index is 12.9. The molecular weight excluding hydrogens is 462 g/mol. The Kier molecular flexibility index (Phi) is 7.26. The van der Waals surface area contributed by atoms with E-state index in [1.807, 2.05) is 48.7 Å². The molecule has 0 saturated carbocycles. The molecule has 178 valence electrons. The molecule has 4 rings (SSSR count). The largest absolute Gasteiger partial charge is 0.342 e. The number of nitrogens with zero attached hydrogens (tertiary/aromatic N) is 4. The van der Waals surface area contributed by atoms with Crippen LogP contribution in [0.2, 0.25) is 0 Å². The lowest BCUT2D eigenvalue weighted by Crippen LogP contribution is -2.29. The van der Waals surface area contributed by atoms with Crippen molar-refractivity contribution in [1.82, 2.24) is 20.1 Å². The summed E-state index contributed by atoms with van der Waals surface area (Å²) in [7, 11) is 0. The van der Waals surface area contributed by atoms with Gasteiger partial charge >= 0.3 is 0 Å². The van der Waals surface area contributed by atoms with E-state index in [0.717, 1.165) is 5.56 Å². The highest BCUT2D eigenvalue weighted by Gasteiger charge is 2.22. The van der Waals surface area contributed by atoms with Crippen molar-refractivity contribution in [3.8, 4) is 5.69 Å². The predicted octanol–water partition coefficient (Wildman–Crippen LogP) is 5.58. The van der Waals surface area contributed by atoms with Gasteiger partial charge in [0.25, 0.3) is 11.6 Å². The lowest BCUT2D eigenvalue weighted by atomic mass is 10.1. The number of aryl methyl sites for hydroxylation is 2. The van der Waals surface area contributed by atoms with E-state index < -0.39 is 11.0 Å². The first-order valence-corrected chi connectivity index (χ1v) is 12.1. The average molecular weight is 488 g/mol. The van der Waals surface area contributed by atoms with Crippen LogP contribution in [0.3, 0.4) is 0 Å². The SMILES string of the molecule is Cc1ccccc1CSc1nnc(C(C)NC(=O)c2ccccc2C)n1-c1ccc([N+](=O)[O-])cc1. The molecule has 1 aromatic heterocycles. The molecule has 9 heteroatoms. The minimum atomic E-state index is -0.461. The number of nitro benzene ring substituents is 1. The van der Waals surface area contributed by atoms with E-state index in [1.165, 1.54) is 35.0 Å². The Hall–Kier alpha value is -3.98. The van der Waals surface area contributed by atoms with Gasteiger partial charge in [0.1, 0.15) is 0 Å². The topological polar surface area (TPSA) is 103 Å². The fraction of sp³-hybridized carbons (Fsp3) is 0.192. The van der Waals surface area contributed by atoms with E-state index in [2.05, 4.69) is 34.6 Å². The molecule has 0 radical (unpaired) electrons. The van der Waals surface area contributed by atoms with E-state index in [-0.39, 0.29) is 11.6 Å². The Labute approximate surface area is 207 Å². The molecule has 0 spiro atoms. The van der Waals surface area contributed by atoms with Gasteiger partial charge in [-0.15, -0.1) is 10.2 Å². The Balaban J connectivity index is 1.66. The number of nitrogens with one attached hydrogen (secondary N) is 1. The second-order valence-corrected chi connectivity index (χ2v) is 9.12. The maximum Gasteiger partial charge on any atom is 0.269 e. The Morgan fingerprint density at radius 3 is 2.31 bits per heavy atom. The molecule has 35 heavy (non-hydrogen) atoms. The van der Waals surface area contributed by atoms with Crippen LogP contribution in [0, 0.1) is 24.0 Å². The smallest absolute Gasteiger partial charge is 0.269 e. The van der Waals surface area contributed by atoms with Crippen molar-refractivity contribution in [3.05, 3.63) is 111 Å². The number of carbonyl (C=O) groups is 1. The third kappa shape index (κ3) is 5.41. The van der Waals surface area contributed by atoms with Gasteiger partial charge in [0, 0.05) is 29.1 Å². The van der Waals surface area contributed by atoms with Gasteiger partial charge in [-0.3, -0.25) is 19.5 Å². The number of nitro groups is 1. The van der Waals surface area contributed by atoms with E-state index in [9.17, 15) is 14.9 Å². The molecule has 4 aromatic rings. The summed E-state index contributed by atoms with van der Waals surface area (Å²) in [5, 5.41) is 23.6. The normalized spacial score (nSPS) is 11.7. The van der Waals surface area contributed by atoms with Gasteiger partial charge in [-0.2, -0.15) is 0 Å². The van der Waals surface area contributed by atoms with Crippen molar-refractivity contribution >= 4 is 23.4 Å². The van der Waals surface area contributed by atoms with E-state index in [1.54, 1.807) is 18.2 Å². The van der Waals surface area contributed by atoms with Crippen LogP contribution < -0.4 is 5.32 Å². The molecule has 1 unspecified atom stereocenters. The Morgan fingerprint density at radius 2 is 1.66 bits per heavy atom. The zero-order chi connectivity index (χ0) is 24.9. The van der Waals surface area contributed by atoms with Crippen molar-refractivity contribution in [2.75, 3.05) is 0 Å². The van der Waals surface area contributed by atoms with Crippen LogP contribution in [0.5, 0.6) is 0 Å². The van der Waals surface area contributed by atoms with Crippen molar-refractivity contribution in [2.45, 2.75) is 37.7 Å². The highest BCUT2D eigenvalue weighted by Crippen LogP contribution is 2.29. The second-order valence-electron chi connectivity index (χ2n) is 8.17. The number of non-ortho nitro benzene ring substituents is 1. The molecule has 8 nitrogen and oxygen atoms in total. The summed E-state index contributed by atoms with van der Waals surface area (Å²) in [6.45, 7) is 5.79. The van der Waals surface area contributed by atoms with Crippen LogP contribution in [0.15, 0.2) is 78.0 Å². The lowest BCUT2D eigenvalue weighted by molar-refractivity contribution is -0.384. The summed E-state index contributed by atoms with van der Waals surface area (Å²) in [4.78, 5) is 23.6. The molecule has 1 N–H and O–H groups in total. The number of aromatic nitrogens is 3. The summed E-state index contributed by atoms with van der Waals surface area (Å²) < 4.78 is 1.84. The van der Waals surface area contributed by atoms with Crippen LogP contribution in [-0.4, -0.2) is 25.6 Å². The second kappa shape index (κ2) is 10.5. The first-order chi connectivity index (χ1) is 16.8. The standard InChI is InChI=1S/C26H25N5O3S/c1-17-8-4-6-10-20(17)16-35-26-29-28-24(30(26)21-12-14-22(15-13-21)31(33)34)19(3)27-25(32)23-11-7-5-9-18(23)2/h4-15,19H,16H2,1-3H3,(H,27,32). The lowest BCUT2D eigenvalue weighted by Gasteiger charge is -2.17. The first kappa shape index (κ1) is 24.2. The molecule has 0 aliphatic rings. The number of hydrogen-bond acceptors (Lipinski definition) is 6. The third-order valence-electron chi connectivity index (χ3n) is 5.72. The van der Waals surface area contributed by atoms with Crippen LogP contribution in [-0.2, 0) is 5.75 Å². The van der Waals surface area contributed by atoms with Gasteiger partial charge in [-0.1, -0.05) is 54.2 Å². The van der Waals surface area contributed by atoms with E-state index >= 15 is 0 Å². The number of carbonyl (C=O) groups excluding carboxylic acids is 1. The number of amides is 1. The summed E-state index contributed by atoms with van der Waals surface area (Å²) in [5.74, 6) is 1.01. The minimum Gasteiger partial charge on any atom is -0.342 e. The van der Waals surface area contributed by atoms with E-state index in [4.69, 9.17) is 0 Å². The summed E-state index contributed by atoms with van der Waals surface area (Å²) >= 11 is 1.52. The third-order valence-corrected chi connectivity index (χ3v) is 6.70. The zero-order valence-electron chi connectivity index (χ0n) is 19.6. The van der Waals surface area contributed by atoms with Gasteiger partial charge in [0.15, 0.2) is 11.0 Å². The zero-order valence-corrected chi connectivity index (χ0v) is 20.5. The molecule has 0 bridgehead atoms. The summed E-state index contributed by atoms with van der Waals surface area (Å²) in [6.07, 6.45) is 0. The maximum absolute atomic E-state index is 12.9. The van der Waals surface area contributed by atoms with Gasteiger partial charge in [0.2, 0.25) is 0 Å². The van der Waals surface area contributed by atoms with Crippen LogP contribution in [0.25, 0.3) is 5.69 Å². The number of rotatable bonds is 8. The summed E-state index contributed by atoms with van der Waals surface area (Å²) in [6, 6.07) is 21.3. The number of thioether (sulfide) groups is 1.